The van der Waals surface area contributed by atoms with E-state index < -0.39 is 52.9 Å². The molecule has 3 heterocycles. The molecule has 2 aromatic heterocycles. The van der Waals surface area contributed by atoms with Gasteiger partial charge in [-0.25, -0.2) is 9.79 Å². The number of aromatic nitrogens is 3. The molecule has 3 aromatic rings. The van der Waals surface area contributed by atoms with E-state index in [4.69, 9.17) is 0 Å². The minimum atomic E-state index is -6.06. The van der Waals surface area contributed by atoms with Crippen molar-refractivity contribution in [3.63, 3.8) is 0 Å². The topological polar surface area (TPSA) is 92.1 Å². The van der Waals surface area contributed by atoms with E-state index in [0.29, 0.717) is 10.1 Å². The predicted octanol–water partition coefficient (Wildman–Crippen LogP) is 3.17. The third kappa shape index (κ3) is 3.58. The number of pyridine rings is 1. The monoisotopic (exact) mass is 469 g/mol. The standard InChI is InChI=1S/C20H13F6N5O2/c21-19(22,23)18(20(24,25)26)13-15(28-14(30-18)12-6-2-1-3-7-12)31(17(33)29-16(13)32)10-11-5-4-8-27-9-11/h1-9H,10H2,(H,28,30)(H,29,32,33). The van der Waals surface area contributed by atoms with Gasteiger partial charge in [-0.1, -0.05) is 36.4 Å². The average molecular weight is 469 g/mol. The molecule has 0 saturated carbocycles. The van der Waals surface area contributed by atoms with Crippen LogP contribution < -0.4 is 16.6 Å². The number of H-pyrrole nitrogens is 1. The molecule has 172 valence electrons. The lowest BCUT2D eigenvalue weighted by molar-refractivity contribution is -0.301. The normalized spacial score (nSPS) is 15.4. The third-order valence-corrected chi connectivity index (χ3v) is 5.01. The van der Waals surface area contributed by atoms with E-state index in [9.17, 15) is 35.9 Å². The number of hydrogen-bond acceptors (Lipinski definition) is 5. The number of alkyl halides is 6. The lowest BCUT2D eigenvalue weighted by atomic mass is 9.87. The molecule has 0 bridgehead atoms. The van der Waals surface area contributed by atoms with Crippen molar-refractivity contribution in [1.29, 1.82) is 0 Å². The van der Waals surface area contributed by atoms with Crippen LogP contribution in [0.15, 0.2) is 69.4 Å². The molecule has 33 heavy (non-hydrogen) atoms. The highest BCUT2D eigenvalue weighted by Crippen LogP contribution is 2.55. The Hall–Kier alpha value is -3.90. The van der Waals surface area contributed by atoms with Crippen molar-refractivity contribution >= 4 is 11.7 Å². The van der Waals surface area contributed by atoms with Crippen molar-refractivity contribution in [2.75, 3.05) is 5.32 Å². The van der Waals surface area contributed by atoms with Gasteiger partial charge < -0.3 is 5.32 Å². The summed E-state index contributed by atoms with van der Waals surface area (Å²) in [5.41, 5.74) is -9.56. The molecule has 0 unspecified atom stereocenters. The smallest absolute Gasteiger partial charge is 0.326 e. The molecule has 0 fully saturated rings. The molecule has 1 aromatic carbocycles. The first kappa shape index (κ1) is 22.3. The summed E-state index contributed by atoms with van der Waals surface area (Å²) in [6.45, 7) is -0.466. The Labute approximate surface area is 180 Å². The second-order valence-electron chi connectivity index (χ2n) is 7.09. The molecule has 13 heteroatoms. The molecule has 0 radical (unpaired) electrons. The zero-order valence-electron chi connectivity index (χ0n) is 16.3. The van der Waals surface area contributed by atoms with Gasteiger partial charge in [0.2, 0.25) is 0 Å². The van der Waals surface area contributed by atoms with Crippen molar-refractivity contribution in [1.82, 2.24) is 14.5 Å². The second kappa shape index (κ2) is 7.60. The maximum absolute atomic E-state index is 14.2. The van der Waals surface area contributed by atoms with Crippen LogP contribution >= 0.6 is 0 Å². The van der Waals surface area contributed by atoms with Gasteiger partial charge in [0.15, 0.2) is 0 Å². The number of hydrogen-bond donors (Lipinski definition) is 2. The number of nitrogens with zero attached hydrogens (tertiary/aromatic N) is 3. The molecule has 0 atom stereocenters. The van der Waals surface area contributed by atoms with Gasteiger partial charge in [0.25, 0.3) is 11.1 Å². The third-order valence-electron chi connectivity index (χ3n) is 5.01. The molecular weight excluding hydrogens is 456 g/mol. The highest BCUT2D eigenvalue weighted by atomic mass is 19.4. The van der Waals surface area contributed by atoms with Gasteiger partial charge in [-0.2, -0.15) is 26.3 Å². The number of halogens is 6. The number of benzene rings is 1. The minimum Gasteiger partial charge on any atom is -0.326 e. The van der Waals surface area contributed by atoms with Gasteiger partial charge in [-0.05, 0) is 11.6 Å². The largest absolute Gasteiger partial charge is 0.427 e. The number of nitrogens with one attached hydrogen (secondary N) is 2. The maximum Gasteiger partial charge on any atom is 0.427 e. The van der Waals surface area contributed by atoms with E-state index >= 15 is 0 Å². The maximum atomic E-state index is 14.2. The van der Waals surface area contributed by atoms with Crippen LogP contribution in [0.25, 0.3) is 0 Å². The molecule has 0 saturated heterocycles. The van der Waals surface area contributed by atoms with E-state index in [-0.39, 0.29) is 5.56 Å². The molecule has 4 rings (SSSR count). The fourth-order valence-corrected chi connectivity index (χ4v) is 3.53. The summed E-state index contributed by atoms with van der Waals surface area (Å²) in [5.74, 6) is -1.77. The Kier molecular flexibility index (Phi) is 5.14. The highest BCUT2D eigenvalue weighted by Gasteiger charge is 2.75. The van der Waals surface area contributed by atoms with Crippen molar-refractivity contribution < 1.29 is 26.3 Å². The van der Waals surface area contributed by atoms with Gasteiger partial charge in [0.05, 0.1) is 6.54 Å². The van der Waals surface area contributed by atoms with Crippen LogP contribution in [0.1, 0.15) is 16.7 Å². The molecule has 1 aliphatic rings. The van der Waals surface area contributed by atoms with Crippen LogP contribution in [0.4, 0.5) is 32.2 Å². The Morgan fingerprint density at radius 2 is 1.61 bits per heavy atom. The summed E-state index contributed by atoms with van der Waals surface area (Å²) >= 11 is 0. The average Bonchev–Trinajstić information content (AvgIpc) is 2.75. The fraction of sp³-hybridized carbons (Fsp3) is 0.200. The summed E-state index contributed by atoms with van der Waals surface area (Å²) < 4.78 is 85.7. The summed E-state index contributed by atoms with van der Waals surface area (Å²) in [6, 6.07) is 9.70. The second-order valence-corrected chi connectivity index (χ2v) is 7.09. The van der Waals surface area contributed by atoms with E-state index in [0.717, 1.165) is 0 Å². The summed E-state index contributed by atoms with van der Waals surface area (Å²) in [4.78, 5) is 33.4. The fourth-order valence-electron chi connectivity index (χ4n) is 3.53. The van der Waals surface area contributed by atoms with Gasteiger partial charge in [0, 0.05) is 18.0 Å². The van der Waals surface area contributed by atoms with Crippen LogP contribution in [0, 0.1) is 0 Å². The lowest BCUT2D eigenvalue weighted by Crippen LogP contribution is -2.59. The first-order valence-electron chi connectivity index (χ1n) is 9.28. The van der Waals surface area contributed by atoms with Gasteiger partial charge >= 0.3 is 18.0 Å². The number of anilines is 1. The van der Waals surface area contributed by atoms with Crippen LogP contribution in [-0.2, 0) is 12.1 Å². The SMILES string of the molecule is O=c1[nH]c(=O)n(Cc2cccnc2)c2c1C(C(F)(F)F)(C(F)(F)F)N=C(c1ccccc1)N2. The van der Waals surface area contributed by atoms with E-state index in [2.05, 4.69) is 15.3 Å². The Morgan fingerprint density at radius 1 is 0.939 bits per heavy atom. The van der Waals surface area contributed by atoms with E-state index in [1.807, 2.05) is 0 Å². The Morgan fingerprint density at radius 3 is 2.18 bits per heavy atom. The molecule has 0 spiro atoms. The van der Waals surface area contributed by atoms with Crippen molar-refractivity contribution in [2.24, 2.45) is 4.99 Å². The molecule has 0 amide bonds. The first-order valence-corrected chi connectivity index (χ1v) is 9.28. The van der Waals surface area contributed by atoms with Crippen molar-refractivity contribution in [3.8, 4) is 0 Å². The van der Waals surface area contributed by atoms with Crippen molar-refractivity contribution in [3.05, 3.63) is 92.4 Å². The highest BCUT2D eigenvalue weighted by molar-refractivity contribution is 6.09. The van der Waals surface area contributed by atoms with Gasteiger partial charge in [-0.3, -0.25) is 19.3 Å². The summed E-state index contributed by atoms with van der Waals surface area (Å²) in [7, 11) is 0. The van der Waals surface area contributed by atoms with E-state index in [1.54, 1.807) is 4.98 Å². The molecular formula is C20H13F6N5O2. The first-order chi connectivity index (χ1) is 15.5. The number of aliphatic imine (C=N–C) groups is 1. The molecule has 7 nitrogen and oxygen atoms in total. The Balaban J connectivity index is 2.10. The van der Waals surface area contributed by atoms with Crippen LogP contribution in [0.3, 0.4) is 0 Å². The zero-order valence-corrected chi connectivity index (χ0v) is 16.3. The zero-order chi connectivity index (χ0) is 24.0. The molecule has 0 aliphatic carbocycles. The van der Waals surface area contributed by atoms with Gasteiger partial charge in [-0.15, -0.1) is 0 Å². The summed E-state index contributed by atoms with van der Waals surface area (Å²) in [6.07, 6.45) is -9.46. The predicted molar refractivity (Wildman–Crippen MR) is 105 cm³/mol. The molecule has 1 aliphatic heterocycles. The van der Waals surface area contributed by atoms with Crippen LogP contribution in [0.5, 0.6) is 0 Å². The number of amidine groups is 1. The van der Waals surface area contributed by atoms with Gasteiger partial charge in [0.1, 0.15) is 17.2 Å². The van der Waals surface area contributed by atoms with E-state index in [1.165, 1.54) is 54.9 Å². The number of fused-ring (bicyclic) bond motifs is 1. The summed E-state index contributed by atoms with van der Waals surface area (Å²) in [5, 5.41) is 2.36. The minimum absolute atomic E-state index is 0.110. The molecule has 2 N–H and O–H groups in total. The van der Waals surface area contributed by atoms with Crippen LogP contribution in [0.2, 0.25) is 0 Å². The Bertz CT molecular complexity index is 1310. The van der Waals surface area contributed by atoms with Crippen LogP contribution in [-0.4, -0.2) is 32.7 Å². The van der Waals surface area contributed by atoms with Crippen molar-refractivity contribution in [2.45, 2.75) is 24.4 Å². The quantitative estimate of drug-likeness (QED) is 0.577. The number of aromatic amines is 1. The lowest BCUT2D eigenvalue weighted by Gasteiger charge is -2.38. The number of rotatable bonds is 3.